The Morgan fingerprint density at radius 2 is 2.16 bits per heavy atom. The summed E-state index contributed by atoms with van der Waals surface area (Å²) in [5, 5.41) is 0. The van der Waals surface area contributed by atoms with E-state index in [2.05, 4.69) is 15.9 Å². The molecule has 0 spiro atoms. The first-order valence-electron chi connectivity index (χ1n) is 6.52. The van der Waals surface area contributed by atoms with Gasteiger partial charge in [-0.05, 0) is 38.1 Å². The van der Waals surface area contributed by atoms with E-state index in [1.54, 1.807) is 0 Å². The van der Waals surface area contributed by atoms with Crippen LogP contribution in [0.4, 0.5) is 5.69 Å². The fourth-order valence-corrected chi connectivity index (χ4v) is 2.77. The molecule has 1 aliphatic heterocycles. The number of aryl methyl sites for hydroxylation is 1. The molecule has 1 heterocycles. The van der Waals surface area contributed by atoms with Crippen molar-refractivity contribution in [3.05, 3.63) is 28.2 Å². The Balaban J connectivity index is 2.31. The summed E-state index contributed by atoms with van der Waals surface area (Å²) >= 11 is 3.52. The Hall–Kier alpha value is -0.910. The second kappa shape index (κ2) is 6.03. The number of amides is 1. The standard InChI is InChI=1S/C14H20BrN3O/c1-10-4-5-11(8-12(10)15)18-7-3-6-17(2)13(9-16)14(18)19/h4-5,8,13H,3,6-7,9,16H2,1-2H3. The molecule has 1 amide bonds. The van der Waals surface area contributed by atoms with Crippen LogP contribution >= 0.6 is 15.9 Å². The molecule has 1 saturated heterocycles. The molecule has 1 unspecified atom stereocenters. The predicted octanol–water partition coefficient (Wildman–Crippen LogP) is 1.75. The number of hydrogen-bond acceptors (Lipinski definition) is 3. The zero-order chi connectivity index (χ0) is 14.0. The zero-order valence-corrected chi connectivity index (χ0v) is 13.0. The van der Waals surface area contributed by atoms with Crippen LogP contribution < -0.4 is 10.6 Å². The van der Waals surface area contributed by atoms with Crippen LogP contribution in [0.5, 0.6) is 0 Å². The van der Waals surface area contributed by atoms with Gasteiger partial charge in [-0.2, -0.15) is 0 Å². The molecule has 0 bridgehead atoms. The number of nitrogens with two attached hydrogens (primary N) is 1. The minimum Gasteiger partial charge on any atom is -0.328 e. The van der Waals surface area contributed by atoms with Crippen molar-refractivity contribution >= 4 is 27.5 Å². The first-order valence-corrected chi connectivity index (χ1v) is 7.31. The van der Waals surface area contributed by atoms with Crippen LogP contribution in [0.3, 0.4) is 0 Å². The van der Waals surface area contributed by atoms with E-state index in [0.29, 0.717) is 6.54 Å². The van der Waals surface area contributed by atoms with Crippen molar-refractivity contribution in [3.8, 4) is 0 Å². The van der Waals surface area contributed by atoms with Crippen molar-refractivity contribution in [1.29, 1.82) is 0 Å². The monoisotopic (exact) mass is 325 g/mol. The summed E-state index contributed by atoms with van der Waals surface area (Å²) < 4.78 is 1.03. The molecular formula is C14H20BrN3O. The second-order valence-corrected chi connectivity index (χ2v) is 5.86. The van der Waals surface area contributed by atoms with Gasteiger partial charge < -0.3 is 10.6 Å². The van der Waals surface area contributed by atoms with Crippen molar-refractivity contribution in [2.24, 2.45) is 5.73 Å². The van der Waals surface area contributed by atoms with Gasteiger partial charge in [-0.3, -0.25) is 9.69 Å². The highest BCUT2D eigenvalue weighted by atomic mass is 79.9. The number of nitrogens with zero attached hydrogens (tertiary/aromatic N) is 2. The number of anilines is 1. The van der Waals surface area contributed by atoms with Crippen molar-refractivity contribution in [3.63, 3.8) is 0 Å². The van der Waals surface area contributed by atoms with Crippen LogP contribution in [0.1, 0.15) is 12.0 Å². The topological polar surface area (TPSA) is 49.6 Å². The van der Waals surface area contributed by atoms with E-state index in [0.717, 1.165) is 29.7 Å². The quantitative estimate of drug-likeness (QED) is 0.901. The maximum absolute atomic E-state index is 12.6. The molecule has 0 radical (unpaired) electrons. The lowest BCUT2D eigenvalue weighted by atomic mass is 10.2. The summed E-state index contributed by atoms with van der Waals surface area (Å²) in [4.78, 5) is 16.5. The van der Waals surface area contributed by atoms with Gasteiger partial charge in [0, 0.05) is 29.8 Å². The first kappa shape index (κ1) is 14.5. The fraction of sp³-hybridized carbons (Fsp3) is 0.500. The lowest BCUT2D eigenvalue weighted by Gasteiger charge is -2.27. The molecule has 1 aliphatic rings. The van der Waals surface area contributed by atoms with Crippen LogP contribution in [-0.2, 0) is 4.79 Å². The SMILES string of the molecule is Cc1ccc(N2CCCN(C)C(CN)C2=O)cc1Br. The minimum atomic E-state index is -0.220. The van der Waals surface area contributed by atoms with E-state index >= 15 is 0 Å². The first-order chi connectivity index (χ1) is 9.04. The van der Waals surface area contributed by atoms with Crippen molar-refractivity contribution in [1.82, 2.24) is 4.90 Å². The third kappa shape index (κ3) is 2.99. The largest absolute Gasteiger partial charge is 0.328 e. The molecule has 2 rings (SSSR count). The molecular weight excluding hydrogens is 306 g/mol. The third-order valence-corrected chi connectivity index (χ3v) is 4.52. The maximum Gasteiger partial charge on any atom is 0.245 e. The van der Waals surface area contributed by atoms with Gasteiger partial charge in [0.05, 0.1) is 0 Å². The normalized spacial score (nSPS) is 21.6. The highest BCUT2D eigenvalue weighted by Gasteiger charge is 2.30. The average Bonchev–Trinajstić information content (AvgIpc) is 2.52. The number of halogens is 1. The molecule has 1 aromatic rings. The molecule has 1 fully saturated rings. The van der Waals surface area contributed by atoms with Gasteiger partial charge in [0.2, 0.25) is 5.91 Å². The lowest BCUT2D eigenvalue weighted by Crippen LogP contribution is -2.48. The number of likely N-dealkylation sites (N-methyl/N-ethyl adjacent to an activating group) is 1. The average molecular weight is 326 g/mol. The molecule has 2 N–H and O–H groups in total. The number of carbonyl (C=O) groups is 1. The molecule has 4 nitrogen and oxygen atoms in total. The number of hydrogen-bond donors (Lipinski definition) is 1. The molecule has 0 aromatic heterocycles. The molecule has 5 heteroatoms. The molecule has 19 heavy (non-hydrogen) atoms. The van der Waals surface area contributed by atoms with Gasteiger partial charge in [0.15, 0.2) is 0 Å². The number of carbonyl (C=O) groups excluding carboxylic acids is 1. The van der Waals surface area contributed by atoms with Gasteiger partial charge in [0.25, 0.3) is 0 Å². The van der Waals surface area contributed by atoms with Crippen LogP contribution in [0, 0.1) is 6.92 Å². The molecule has 104 valence electrons. The summed E-state index contributed by atoms with van der Waals surface area (Å²) in [6.07, 6.45) is 0.963. The predicted molar refractivity (Wildman–Crippen MR) is 81.3 cm³/mol. The van der Waals surface area contributed by atoms with Gasteiger partial charge in [0.1, 0.15) is 6.04 Å². The van der Waals surface area contributed by atoms with E-state index in [-0.39, 0.29) is 11.9 Å². The third-order valence-electron chi connectivity index (χ3n) is 3.67. The van der Waals surface area contributed by atoms with Gasteiger partial charge >= 0.3 is 0 Å². The molecule has 0 saturated carbocycles. The maximum atomic E-state index is 12.6. The highest BCUT2D eigenvalue weighted by Crippen LogP contribution is 2.25. The molecule has 1 aromatic carbocycles. The Bertz CT molecular complexity index is 478. The van der Waals surface area contributed by atoms with Crippen molar-refractivity contribution in [2.75, 3.05) is 31.6 Å². The number of rotatable bonds is 2. The zero-order valence-electron chi connectivity index (χ0n) is 11.4. The van der Waals surface area contributed by atoms with Gasteiger partial charge in [-0.15, -0.1) is 0 Å². The van der Waals surface area contributed by atoms with E-state index in [1.165, 1.54) is 5.56 Å². The van der Waals surface area contributed by atoms with Crippen LogP contribution in [0.25, 0.3) is 0 Å². The van der Waals surface area contributed by atoms with E-state index in [4.69, 9.17) is 5.73 Å². The summed E-state index contributed by atoms with van der Waals surface area (Å²) in [7, 11) is 1.96. The Labute approximate surface area is 122 Å². The van der Waals surface area contributed by atoms with Crippen molar-refractivity contribution in [2.45, 2.75) is 19.4 Å². The number of benzene rings is 1. The highest BCUT2D eigenvalue weighted by molar-refractivity contribution is 9.10. The van der Waals surface area contributed by atoms with E-state index < -0.39 is 0 Å². The lowest BCUT2D eigenvalue weighted by molar-refractivity contribution is -0.122. The van der Waals surface area contributed by atoms with Crippen molar-refractivity contribution < 1.29 is 4.79 Å². The Morgan fingerprint density at radius 1 is 1.42 bits per heavy atom. The summed E-state index contributed by atoms with van der Waals surface area (Å²) in [6, 6.07) is 5.81. The van der Waals surface area contributed by atoms with Crippen LogP contribution in [0.2, 0.25) is 0 Å². The smallest absolute Gasteiger partial charge is 0.245 e. The fourth-order valence-electron chi connectivity index (χ4n) is 2.40. The summed E-state index contributed by atoms with van der Waals surface area (Å²) in [6.45, 7) is 4.04. The summed E-state index contributed by atoms with van der Waals surface area (Å²) in [5.74, 6) is 0.0956. The molecule has 1 atom stereocenters. The van der Waals surface area contributed by atoms with Crippen LogP contribution in [-0.4, -0.2) is 43.5 Å². The molecule has 0 aliphatic carbocycles. The summed E-state index contributed by atoms with van der Waals surface area (Å²) in [5.41, 5.74) is 7.86. The van der Waals surface area contributed by atoms with Crippen LogP contribution in [0.15, 0.2) is 22.7 Å². The second-order valence-electron chi connectivity index (χ2n) is 5.01. The van der Waals surface area contributed by atoms with E-state index in [1.807, 2.05) is 42.0 Å². The van der Waals surface area contributed by atoms with E-state index in [9.17, 15) is 4.79 Å². The minimum absolute atomic E-state index is 0.0956. The Morgan fingerprint density at radius 3 is 2.79 bits per heavy atom. The van der Waals surface area contributed by atoms with Gasteiger partial charge in [-0.1, -0.05) is 22.0 Å². The van der Waals surface area contributed by atoms with Gasteiger partial charge in [-0.25, -0.2) is 0 Å². The Kier molecular flexibility index (Phi) is 4.60.